The highest BCUT2D eigenvalue weighted by Crippen LogP contribution is 2.40. The van der Waals surface area contributed by atoms with Crippen LogP contribution < -0.4 is 15.0 Å². The average molecular weight is 555 g/mol. The largest absolute Gasteiger partial charge is 0.474 e. The molecule has 2 amide bonds. The SMILES string of the molecule is Cc1c(-c2cc(Cl)c3cnc(NC(=O)OC4COCC4C)cc3c2)cnc2c1N(C(=O)OC(C)(C)C)CCO2. The number of halogens is 1. The Hall–Kier alpha value is -3.63. The van der Waals surface area contributed by atoms with E-state index >= 15 is 0 Å². The lowest BCUT2D eigenvalue weighted by molar-refractivity contribution is 0.0566. The van der Waals surface area contributed by atoms with E-state index in [9.17, 15) is 9.59 Å². The van der Waals surface area contributed by atoms with Gasteiger partial charge in [-0.25, -0.2) is 19.6 Å². The molecule has 2 unspecified atom stereocenters. The number of rotatable bonds is 3. The number of amides is 2. The van der Waals surface area contributed by atoms with Gasteiger partial charge in [-0.15, -0.1) is 0 Å². The molecule has 0 radical (unpaired) electrons. The molecule has 2 aliphatic heterocycles. The lowest BCUT2D eigenvalue weighted by Gasteiger charge is -2.32. The number of nitrogens with one attached hydrogen (secondary N) is 1. The van der Waals surface area contributed by atoms with Crippen LogP contribution in [0.4, 0.5) is 21.1 Å². The molecule has 1 N–H and O–H groups in total. The minimum Gasteiger partial charge on any atom is -0.474 e. The van der Waals surface area contributed by atoms with Gasteiger partial charge in [0.25, 0.3) is 0 Å². The number of hydrogen-bond donors (Lipinski definition) is 1. The Kier molecular flexibility index (Phi) is 7.26. The summed E-state index contributed by atoms with van der Waals surface area (Å²) >= 11 is 6.65. The maximum Gasteiger partial charge on any atom is 0.415 e. The van der Waals surface area contributed by atoms with Crippen LogP contribution in [-0.2, 0) is 14.2 Å². The van der Waals surface area contributed by atoms with E-state index in [4.69, 9.17) is 30.5 Å². The number of nitrogens with zero attached hydrogens (tertiary/aromatic N) is 3. The van der Waals surface area contributed by atoms with Crippen molar-refractivity contribution >= 4 is 46.1 Å². The van der Waals surface area contributed by atoms with Gasteiger partial charge in [-0.2, -0.15) is 0 Å². The highest BCUT2D eigenvalue weighted by Gasteiger charge is 2.32. The van der Waals surface area contributed by atoms with Crippen molar-refractivity contribution in [1.82, 2.24) is 9.97 Å². The molecule has 39 heavy (non-hydrogen) atoms. The van der Waals surface area contributed by atoms with Crippen LogP contribution in [0.15, 0.2) is 30.6 Å². The molecule has 10 nitrogen and oxygen atoms in total. The highest BCUT2D eigenvalue weighted by atomic mass is 35.5. The molecule has 1 saturated heterocycles. The van der Waals surface area contributed by atoms with Crippen LogP contribution in [0, 0.1) is 12.8 Å². The second kappa shape index (κ2) is 10.5. The average Bonchev–Trinajstić information content (AvgIpc) is 3.26. The molecule has 2 atom stereocenters. The molecule has 4 heterocycles. The van der Waals surface area contributed by atoms with Crippen molar-refractivity contribution in [2.75, 3.05) is 36.6 Å². The first-order valence-electron chi connectivity index (χ1n) is 12.8. The molecule has 1 fully saturated rings. The first-order valence-corrected chi connectivity index (χ1v) is 13.2. The summed E-state index contributed by atoms with van der Waals surface area (Å²) in [7, 11) is 0. The van der Waals surface area contributed by atoms with Crippen LogP contribution in [-0.4, -0.2) is 60.2 Å². The molecule has 1 aromatic carbocycles. The van der Waals surface area contributed by atoms with Gasteiger partial charge in [-0.1, -0.05) is 18.5 Å². The van der Waals surface area contributed by atoms with Gasteiger partial charge in [0.05, 0.1) is 24.8 Å². The minimum absolute atomic E-state index is 0.131. The zero-order valence-corrected chi connectivity index (χ0v) is 23.3. The van der Waals surface area contributed by atoms with E-state index in [1.807, 2.05) is 46.8 Å². The van der Waals surface area contributed by atoms with Gasteiger partial charge in [-0.3, -0.25) is 10.2 Å². The summed E-state index contributed by atoms with van der Waals surface area (Å²) in [6.07, 6.45) is 1.96. The minimum atomic E-state index is -0.643. The maximum atomic E-state index is 13.0. The van der Waals surface area contributed by atoms with Crippen molar-refractivity contribution in [3.63, 3.8) is 0 Å². The summed E-state index contributed by atoms with van der Waals surface area (Å²) in [4.78, 5) is 35.8. The van der Waals surface area contributed by atoms with Crippen molar-refractivity contribution in [3.8, 4) is 17.0 Å². The fourth-order valence-electron chi connectivity index (χ4n) is 4.63. The highest BCUT2D eigenvalue weighted by molar-refractivity contribution is 6.36. The fourth-order valence-corrected chi connectivity index (χ4v) is 4.90. The molecule has 0 spiro atoms. The van der Waals surface area contributed by atoms with E-state index in [0.29, 0.717) is 48.8 Å². The lowest BCUT2D eigenvalue weighted by atomic mass is 9.98. The van der Waals surface area contributed by atoms with Crippen LogP contribution in [0.1, 0.15) is 33.3 Å². The number of anilines is 2. The predicted molar refractivity (Wildman–Crippen MR) is 148 cm³/mol. The van der Waals surface area contributed by atoms with Gasteiger partial charge in [0.15, 0.2) is 0 Å². The quantitative estimate of drug-likeness (QED) is 0.421. The summed E-state index contributed by atoms with van der Waals surface area (Å²) in [5.41, 5.74) is 2.28. The Morgan fingerprint density at radius 2 is 1.95 bits per heavy atom. The first-order chi connectivity index (χ1) is 18.5. The molecule has 3 aromatic rings. The van der Waals surface area contributed by atoms with Crippen LogP contribution in [0.3, 0.4) is 0 Å². The lowest BCUT2D eigenvalue weighted by Crippen LogP contribution is -2.42. The van der Waals surface area contributed by atoms with E-state index in [1.54, 1.807) is 23.4 Å². The topological polar surface area (TPSA) is 112 Å². The van der Waals surface area contributed by atoms with E-state index in [2.05, 4.69) is 15.3 Å². The molecule has 11 heteroatoms. The van der Waals surface area contributed by atoms with E-state index < -0.39 is 17.8 Å². The van der Waals surface area contributed by atoms with Crippen molar-refractivity contribution in [1.29, 1.82) is 0 Å². The number of carbonyl (C=O) groups is 2. The van der Waals surface area contributed by atoms with Crippen LogP contribution >= 0.6 is 11.6 Å². The van der Waals surface area contributed by atoms with Crippen molar-refractivity contribution in [2.45, 2.75) is 46.3 Å². The van der Waals surface area contributed by atoms with Crippen molar-refractivity contribution < 1.29 is 28.5 Å². The maximum absolute atomic E-state index is 13.0. The second-order valence-corrected chi connectivity index (χ2v) is 11.2. The van der Waals surface area contributed by atoms with Gasteiger partial charge in [0.1, 0.15) is 29.8 Å². The Balaban J connectivity index is 1.46. The molecule has 0 aliphatic carbocycles. The number of carbonyl (C=O) groups excluding carboxylic acids is 2. The second-order valence-electron chi connectivity index (χ2n) is 10.8. The molecule has 2 aromatic heterocycles. The number of pyridine rings is 2. The monoisotopic (exact) mass is 554 g/mol. The van der Waals surface area contributed by atoms with Gasteiger partial charge < -0.3 is 18.9 Å². The molecule has 0 saturated carbocycles. The third-order valence-electron chi connectivity index (χ3n) is 6.59. The van der Waals surface area contributed by atoms with Gasteiger partial charge in [0, 0.05) is 29.3 Å². The normalized spacial score (nSPS) is 18.9. The van der Waals surface area contributed by atoms with E-state index in [-0.39, 0.29) is 12.0 Å². The third-order valence-corrected chi connectivity index (χ3v) is 6.91. The molecule has 206 valence electrons. The number of benzene rings is 1. The molecular weight excluding hydrogens is 524 g/mol. The van der Waals surface area contributed by atoms with Gasteiger partial charge >= 0.3 is 12.2 Å². The number of hydrogen-bond acceptors (Lipinski definition) is 8. The number of ether oxygens (including phenoxy) is 4. The summed E-state index contributed by atoms with van der Waals surface area (Å²) < 4.78 is 22.2. The summed E-state index contributed by atoms with van der Waals surface area (Å²) in [5.74, 6) is 0.834. The Labute approximate surface area is 231 Å². The van der Waals surface area contributed by atoms with Gasteiger partial charge in [0.2, 0.25) is 5.88 Å². The summed E-state index contributed by atoms with van der Waals surface area (Å²) in [6, 6.07) is 5.49. The summed E-state index contributed by atoms with van der Waals surface area (Å²) in [6.45, 7) is 11.0. The number of aromatic nitrogens is 2. The van der Waals surface area contributed by atoms with Gasteiger partial charge in [-0.05, 0) is 62.4 Å². The van der Waals surface area contributed by atoms with Crippen molar-refractivity contribution in [2.24, 2.45) is 5.92 Å². The molecule has 2 aliphatic rings. The molecule has 0 bridgehead atoms. The Morgan fingerprint density at radius 3 is 2.67 bits per heavy atom. The first kappa shape index (κ1) is 27.0. The van der Waals surface area contributed by atoms with Crippen LogP contribution in [0.25, 0.3) is 21.9 Å². The zero-order valence-electron chi connectivity index (χ0n) is 22.5. The van der Waals surface area contributed by atoms with Crippen LogP contribution in [0.2, 0.25) is 5.02 Å². The van der Waals surface area contributed by atoms with E-state index in [1.165, 1.54) is 0 Å². The third kappa shape index (κ3) is 5.72. The smallest absolute Gasteiger partial charge is 0.415 e. The standard InChI is InChI=1S/C28H31ClN4O6/c1-15-13-36-14-22(15)38-26(34)32-23-10-18-8-17(9-21(29)20(18)12-30-23)19-11-31-25-24(16(19)2)33(6-7-37-25)27(35)39-28(3,4)5/h8-12,15,22H,6-7,13-14H2,1-5H3,(H,30,32,34). The van der Waals surface area contributed by atoms with E-state index in [0.717, 1.165) is 27.5 Å². The predicted octanol–water partition coefficient (Wildman–Crippen LogP) is 5.98. The molecule has 5 rings (SSSR count). The number of fused-ring (bicyclic) bond motifs is 2. The summed E-state index contributed by atoms with van der Waals surface area (Å²) in [5, 5.41) is 4.66. The van der Waals surface area contributed by atoms with Crippen LogP contribution in [0.5, 0.6) is 5.88 Å². The molecular formula is C28H31ClN4O6. The van der Waals surface area contributed by atoms with Crippen molar-refractivity contribution in [3.05, 3.63) is 41.2 Å². The zero-order chi connectivity index (χ0) is 27.9. The fraction of sp³-hybridized carbons (Fsp3) is 0.429. The Morgan fingerprint density at radius 1 is 1.15 bits per heavy atom. The Bertz CT molecular complexity index is 1440.